The van der Waals surface area contributed by atoms with E-state index in [1.165, 1.54) is 0 Å². The molecule has 1 aromatic carbocycles. The summed E-state index contributed by atoms with van der Waals surface area (Å²) in [4.78, 5) is 19.6. The molecule has 86 valence electrons. The van der Waals surface area contributed by atoms with Crippen molar-refractivity contribution in [3.63, 3.8) is 0 Å². The van der Waals surface area contributed by atoms with Crippen LogP contribution in [0.15, 0.2) is 12.1 Å². The Bertz CT molecular complexity index is 462. The van der Waals surface area contributed by atoms with Crippen molar-refractivity contribution >= 4 is 11.7 Å². The summed E-state index contributed by atoms with van der Waals surface area (Å²) >= 11 is 0. The summed E-state index contributed by atoms with van der Waals surface area (Å²) < 4.78 is 25.7. The predicted molar refractivity (Wildman–Crippen MR) is 45.6 cm³/mol. The summed E-state index contributed by atoms with van der Waals surface area (Å²) in [5.74, 6) is -4.59. The molecule has 2 N–H and O–H groups in total. The minimum atomic E-state index is -2.36. The van der Waals surface area contributed by atoms with E-state index < -0.39 is 39.9 Å². The van der Waals surface area contributed by atoms with Gasteiger partial charge in [0.05, 0.1) is 10.5 Å². The molecule has 0 aromatic heterocycles. The fraction of sp³-hybridized carbons (Fsp3) is 0.125. The van der Waals surface area contributed by atoms with Crippen LogP contribution in [0.3, 0.4) is 0 Å². The average Bonchev–Trinajstić information content (AvgIpc) is 2.14. The maximum Gasteiger partial charge on any atom is 0.337 e. The standard InChI is InChI=1S/C8H5F2NO5/c9-3-1-4(7(12)8(13)14)6(11(15)16)5(10)2-3/h1-2,7,12H,(H,13,14)/t7-/m1/s1. The topological polar surface area (TPSA) is 101 Å². The van der Waals surface area contributed by atoms with E-state index in [0.29, 0.717) is 6.07 Å². The second kappa shape index (κ2) is 4.19. The van der Waals surface area contributed by atoms with Crippen LogP contribution in [0.4, 0.5) is 14.5 Å². The molecule has 0 heterocycles. The van der Waals surface area contributed by atoms with Crippen LogP contribution in [0, 0.1) is 21.7 Å². The van der Waals surface area contributed by atoms with E-state index in [2.05, 4.69) is 0 Å². The summed E-state index contributed by atoms with van der Waals surface area (Å²) in [5, 5.41) is 27.9. The minimum Gasteiger partial charge on any atom is -0.479 e. The highest BCUT2D eigenvalue weighted by Crippen LogP contribution is 2.29. The van der Waals surface area contributed by atoms with Gasteiger partial charge in [-0.05, 0) is 6.07 Å². The smallest absolute Gasteiger partial charge is 0.337 e. The molecule has 0 amide bonds. The Balaban J connectivity index is 3.46. The van der Waals surface area contributed by atoms with Crippen molar-refractivity contribution < 1.29 is 28.7 Å². The summed E-state index contributed by atoms with van der Waals surface area (Å²) in [7, 11) is 0. The van der Waals surface area contributed by atoms with Gasteiger partial charge in [0, 0.05) is 6.07 Å². The molecule has 6 nitrogen and oxygen atoms in total. The van der Waals surface area contributed by atoms with Crippen molar-refractivity contribution in [1.82, 2.24) is 0 Å². The number of carboxylic acid groups (broad SMARTS) is 1. The van der Waals surface area contributed by atoms with Crippen LogP contribution in [0.2, 0.25) is 0 Å². The Morgan fingerprint density at radius 1 is 1.44 bits per heavy atom. The number of nitro benzene ring substituents is 1. The predicted octanol–water partition coefficient (Wildman–Crippen LogP) is 0.991. The van der Waals surface area contributed by atoms with Crippen molar-refractivity contribution in [2.45, 2.75) is 6.10 Å². The minimum absolute atomic E-state index is 0.232. The van der Waals surface area contributed by atoms with Crippen molar-refractivity contribution in [3.05, 3.63) is 39.4 Å². The Labute approximate surface area is 86.9 Å². The summed E-state index contributed by atoms with van der Waals surface area (Å²) in [6, 6.07) is 0.635. The van der Waals surface area contributed by atoms with Crippen LogP contribution in [-0.2, 0) is 4.79 Å². The lowest BCUT2D eigenvalue weighted by atomic mass is 10.1. The number of rotatable bonds is 3. The third-order valence-corrected chi connectivity index (χ3v) is 1.77. The molecule has 0 saturated carbocycles. The molecule has 16 heavy (non-hydrogen) atoms. The third-order valence-electron chi connectivity index (χ3n) is 1.77. The molecule has 1 aromatic rings. The number of nitro groups is 1. The second-order valence-corrected chi connectivity index (χ2v) is 2.82. The van der Waals surface area contributed by atoms with Crippen LogP contribution in [0.5, 0.6) is 0 Å². The number of carbonyl (C=O) groups is 1. The van der Waals surface area contributed by atoms with Gasteiger partial charge in [-0.25, -0.2) is 9.18 Å². The molecular weight excluding hydrogens is 228 g/mol. The number of hydrogen-bond acceptors (Lipinski definition) is 4. The van der Waals surface area contributed by atoms with Crippen molar-refractivity contribution in [3.8, 4) is 0 Å². The fourth-order valence-corrected chi connectivity index (χ4v) is 1.12. The van der Waals surface area contributed by atoms with E-state index in [9.17, 15) is 23.7 Å². The first-order chi connectivity index (χ1) is 7.34. The normalized spacial score (nSPS) is 12.2. The van der Waals surface area contributed by atoms with Crippen LogP contribution in [-0.4, -0.2) is 21.1 Å². The van der Waals surface area contributed by atoms with Crippen molar-refractivity contribution in [2.24, 2.45) is 0 Å². The maximum absolute atomic E-state index is 13.0. The first kappa shape index (κ1) is 12.0. The zero-order chi connectivity index (χ0) is 12.5. The zero-order valence-electron chi connectivity index (χ0n) is 7.55. The van der Waals surface area contributed by atoms with E-state index >= 15 is 0 Å². The van der Waals surface area contributed by atoms with Gasteiger partial charge in [0.25, 0.3) is 0 Å². The van der Waals surface area contributed by atoms with Gasteiger partial charge in [0.2, 0.25) is 5.82 Å². The highest BCUT2D eigenvalue weighted by molar-refractivity contribution is 5.75. The quantitative estimate of drug-likeness (QED) is 0.598. The molecular formula is C8H5F2NO5. The van der Waals surface area contributed by atoms with E-state index in [0.717, 1.165) is 0 Å². The molecule has 0 aliphatic heterocycles. The molecule has 0 radical (unpaired) electrons. The van der Waals surface area contributed by atoms with Crippen LogP contribution in [0.1, 0.15) is 11.7 Å². The number of halogens is 2. The van der Waals surface area contributed by atoms with Gasteiger partial charge in [0.15, 0.2) is 6.10 Å². The Morgan fingerprint density at radius 3 is 2.44 bits per heavy atom. The maximum atomic E-state index is 13.0. The lowest BCUT2D eigenvalue weighted by molar-refractivity contribution is -0.388. The van der Waals surface area contributed by atoms with Gasteiger partial charge in [-0.15, -0.1) is 0 Å². The largest absolute Gasteiger partial charge is 0.479 e. The van der Waals surface area contributed by atoms with Gasteiger partial charge in [0.1, 0.15) is 5.82 Å². The first-order valence-electron chi connectivity index (χ1n) is 3.88. The highest BCUT2D eigenvalue weighted by atomic mass is 19.1. The van der Waals surface area contributed by atoms with E-state index in [-0.39, 0.29) is 6.07 Å². The molecule has 1 atom stereocenters. The number of hydrogen-bond donors (Lipinski definition) is 2. The van der Waals surface area contributed by atoms with Crippen molar-refractivity contribution in [2.75, 3.05) is 0 Å². The number of nitrogens with zero attached hydrogens (tertiary/aromatic N) is 1. The molecule has 8 heteroatoms. The van der Waals surface area contributed by atoms with Crippen LogP contribution in [0.25, 0.3) is 0 Å². The first-order valence-corrected chi connectivity index (χ1v) is 3.88. The van der Waals surface area contributed by atoms with Gasteiger partial charge < -0.3 is 10.2 Å². The fourth-order valence-electron chi connectivity index (χ4n) is 1.12. The average molecular weight is 233 g/mol. The van der Waals surface area contributed by atoms with Gasteiger partial charge in [-0.1, -0.05) is 0 Å². The lowest BCUT2D eigenvalue weighted by Gasteiger charge is -2.07. The molecule has 0 bridgehead atoms. The second-order valence-electron chi connectivity index (χ2n) is 2.82. The number of benzene rings is 1. The van der Waals surface area contributed by atoms with Gasteiger partial charge in [-0.2, -0.15) is 4.39 Å². The SMILES string of the molecule is O=C(O)[C@H](O)c1cc(F)cc(F)c1[N+](=O)[O-]. The van der Waals surface area contributed by atoms with E-state index in [1.54, 1.807) is 0 Å². The van der Waals surface area contributed by atoms with E-state index in [1.807, 2.05) is 0 Å². The number of carboxylic acids is 1. The summed E-state index contributed by atoms with van der Waals surface area (Å²) in [5.41, 5.74) is -2.19. The lowest BCUT2D eigenvalue weighted by Crippen LogP contribution is -2.13. The van der Waals surface area contributed by atoms with Crippen LogP contribution >= 0.6 is 0 Å². The monoisotopic (exact) mass is 233 g/mol. The molecule has 0 fully saturated rings. The molecule has 0 aliphatic rings. The number of aliphatic carboxylic acids is 1. The summed E-state index contributed by atoms with van der Waals surface area (Å²) in [6.45, 7) is 0. The third kappa shape index (κ3) is 2.11. The van der Waals surface area contributed by atoms with Gasteiger partial charge >= 0.3 is 11.7 Å². The molecule has 0 aliphatic carbocycles. The number of aliphatic hydroxyl groups is 1. The molecule has 0 unspecified atom stereocenters. The highest BCUT2D eigenvalue weighted by Gasteiger charge is 2.30. The molecule has 0 spiro atoms. The van der Waals surface area contributed by atoms with Gasteiger partial charge in [-0.3, -0.25) is 10.1 Å². The molecule has 0 saturated heterocycles. The Hall–Kier alpha value is -2.09. The summed E-state index contributed by atoms with van der Waals surface area (Å²) in [6.07, 6.45) is -2.36. The number of aliphatic hydroxyl groups excluding tert-OH is 1. The van der Waals surface area contributed by atoms with Crippen molar-refractivity contribution in [1.29, 1.82) is 0 Å². The Kier molecular flexibility index (Phi) is 3.14. The van der Waals surface area contributed by atoms with E-state index in [4.69, 9.17) is 10.2 Å². The molecule has 1 rings (SSSR count). The zero-order valence-corrected chi connectivity index (χ0v) is 7.55. The van der Waals surface area contributed by atoms with Crippen LogP contribution < -0.4 is 0 Å². The Morgan fingerprint density at radius 2 is 2.00 bits per heavy atom.